The first-order valence-corrected chi connectivity index (χ1v) is 14.9. The van der Waals surface area contributed by atoms with Gasteiger partial charge in [0.05, 0.1) is 19.8 Å². The average molecular weight is 654 g/mol. The van der Waals surface area contributed by atoms with E-state index in [-0.39, 0.29) is 72.3 Å². The molecule has 0 unspecified atom stereocenters. The van der Waals surface area contributed by atoms with Crippen LogP contribution in [-0.2, 0) is 33.4 Å². The third-order valence-corrected chi connectivity index (χ3v) is 6.50. The van der Waals surface area contributed by atoms with Gasteiger partial charge in [0.1, 0.15) is 17.1 Å². The Kier molecular flexibility index (Phi) is 11.9. The molecule has 0 aliphatic heterocycles. The molecule has 2 aliphatic rings. The SMILES string of the molecule is CCOC(=O)C=C1CC=CC(=Nc2nc(N=C3C=CCC(=CC(=O)OCC)C3=O)c(NC(=O)c3ccccc3)c(C(=O)OCC)n2)C1=O. The minimum atomic E-state index is -0.979. The molecule has 1 aromatic heterocycles. The fraction of sp³-hybridized carbons (Fsp3) is 0.235. The molecular weight excluding hydrogens is 622 g/mol. The second kappa shape index (κ2) is 16.4. The topological polar surface area (TPSA) is 193 Å². The molecule has 1 aromatic carbocycles. The largest absolute Gasteiger partial charge is 0.463 e. The lowest BCUT2D eigenvalue weighted by Crippen LogP contribution is -2.21. The summed E-state index contributed by atoms with van der Waals surface area (Å²) in [5, 5.41) is 2.59. The van der Waals surface area contributed by atoms with E-state index in [0.29, 0.717) is 0 Å². The number of carbonyl (C=O) groups excluding carboxylic acids is 6. The minimum Gasteiger partial charge on any atom is -0.463 e. The van der Waals surface area contributed by atoms with Gasteiger partial charge in [0.2, 0.25) is 11.6 Å². The monoisotopic (exact) mass is 653 g/mol. The number of ether oxygens (including phenoxy) is 3. The Morgan fingerprint density at radius 3 is 1.85 bits per heavy atom. The van der Waals surface area contributed by atoms with E-state index in [1.54, 1.807) is 51.1 Å². The third kappa shape index (κ3) is 8.75. The summed E-state index contributed by atoms with van der Waals surface area (Å²) in [6.07, 6.45) is 8.37. The average Bonchev–Trinajstić information content (AvgIpc) is 3.06. The summed E-state index contributed by atoms with van der Waals surface area (Å²) in [5.41, 5.74) is -0.696. The predicted molar refractivity (Wildman–Crippen MR) is 174 cm³/mol. The molecule has 2 aromatic rings. The zero-order valence-corrected chi connectivity index (χ0v) is 26.3. The summed E-state index contributed by atoms with van der Waals surface area (Å²) in [6.45, 7) is 4.99. The van der Waals surface area contributed by atoms with Crippen LogP contribution in [0.15, 0.2) is 87.9 Å². The van der Waals surface area contributed by atoms with Crippen LogP contribution in [0.1, 0.15) is 54.5 Å². The van der Waals surface area contributed by atoms with Crippen LogP contribution in [0, 0.1) is 0 Å². The summed E-state index contributed by atoms with van der Waals surface area (Å²) < 4.78 is 15.0. The van der Waals surface area contributed by atoms with Gasteiger partial charge in [-0.25, -0.2) is 29.4 Å². The first kappa shape index (κ1) is 34.7. The van der Waals surface area contributed by atoms with Gasteiger partial charge in [0.25, 0.3) is 11.9 Å². The highest BCUT2D eigenvalue weighted by atomic mass is 16.5. The van der Waals surface area contributed by atoms with Gasteiger partial charge < -0.3 is 19.5 Å². The van der Waals surface area contributed by atoms with Crippen LogP contribution in [0.25, 0.3) is 0 Å². The number of aliphatic imine (C=N–C) groups is 2. The van der Waals surface area contributed by atoms with E-state index in [9.17, 15) is 28.8 Å². The maximum Gasteiger partial charge on any atom is 0.359 e. The fourth-order valence-electron chi connectivity index (χ4n) is 4.37. The van der Waals surface area contributed by atoms with Crippen LogP contribution in [0.4, 0.5) is 17.5 Å². The molecule has 1 heterocycles. The first-order valence-electron chi connectivity index (χ1n) is 14.9. The van der Waals surface area contributed by atoms with E-state index in [4.69, 9.17) is 14.2 Å². The number of Topliss-reactive ketones (excluding diaryl/α,β-unsaturated/α-hetero) is 2. The number of nitrogens with one attached hydrogen (secondary N) is 1. The van der Waals surface area contributed by atoms with Crippen LogP contribution in [0.2, 0.25) is 0 Å². The van der Waals surface area contributed by atoms with Gasteiger partial charge in [-0.15, -0.1) is 0 Å². The molecule has 1 amide bonds. The first-order chi connectivity index (χ1) is 23.1. The summed E-state index contributed by atoms with van der Waals surface area (Å²) in [6, 6.07) is 8.06. The highest BCUT2D eigenvalue weighted by Crippen LogP contribution is 2.31. The maximum atomic E-state index is 13.4. The summed E-state index contributed by atoms with van der Waals surface area (Å²) in [4.78, 5) is 94.2. The van der Waals surface area contributed by atoms with E-state index in [2.05, 4.69) is 25.3 Å². The lowest BCUT2D eigenvalue weighted by molar-refractivity contribution is -0.138. The lowest BCUT2D eigenvalue weighted by Gasteiger charge is -2.15. The van der Waals surface area contributed by atoms with Crippen molar-refractivity contribution in [3.63, 3.8) is 0 Å². The van der Waals surface area contributed by atoms with E-state index in [1.165, 1.54) is 24.3 Å². The maximum absolute atomic E-state index is 13.4. The van der Waals surface area contributed by atoms with Crippen LogP contribution in [0.3, 0.4) is 0 Å². The van der Waals surface area contributed by atoms with Gasteiger partial charge >= 0.3 is 17.9 Å². The third-order valence-electron chi connectivity index (χ3n) is 6.50. The zero-order valence-electron chi connectivity index (χ0n) is 26.3. The number of ketones is 2. The van der Waals surface area contributed by atoms with E-state index >= 15 is 0 Å². The minimum absolute atomic E-state index is 0.0604. The van der Waals surface area contributed by atoms with Crippen LogP contribution in [0.5, 0.6) is 0 Å². The molecule has 0 fully saturated rings. The van der Waals surface area contributed by atoms with Crippen molar-refractivity contribution in [3.8, 4) is 0 Å². The normalized spacial score (nSPS) is 17.6. The number of carbonyl (C=O) groups is 6. The smallest absolute Gasteiger partial charge is 0.359 e. The molecule has 0 saturated carbocycles. The van der Waals surface area contributed by atoms with E-state index in [1.807, 2.05) is 0 Å². The molecule has 0 radical (unpaired) electrons. The van der Waals surface area contributed by atoms with Crippen LogP contribution < -0.4 is 5.32 Å². The molecule has 0 spiro atoms. The van der Waals surface area contributed by atoms with Crippen molar-refractivity contribution in [1.82, 2.24) is 9.97 Å². The summed E-state index contributed by atoms with van der Waals surface area (Å²) >= 11 is 0. The number of hydrogen-bond donors (Lipinski definition) is 1. The number of anilines is 1. The fourth-order valence-corrected chi connectivity index (χ4v) is 4.37. The highest BCUT2D eigenvalue weighted by Gasteiger charge is 2.27. The predicted octanol–water partition coefficient (Wildman–Crippen LogP) is 4.09. The number of amides is 1. The molecule has 0 atom stereocenters. The molecule has 1 N–H and O–H groups in total. The summed E-state index contributed by atoms with van der Waals surface area (Å²) in [7, 11) is 0. The Morgan fingerprint density at radius 2 is 1.31 bits per heavy atom. The second-order valence-electron chi connectivity index (χ2n) is 9.82. The van der Waals surface area contributed by atoms with Gasteiger partial charge in [-0.1, -0.05) is 30.4 Å². The van der Waals surface area contributed by atoms with Gasteiger partial charge in [0, 0.05) is 28.9 Å². The highest BCUT2D eigenvalue weighted by molar-refractivity contribution is 6.51. The van der Waals surface area contributed by atoms with Gasteiger partial charge in [-0.05, 0) is 57.9 Å². The van der Waals surface area contributed by atoms with Crippen LogP contribution >= 0.6 is 0 Å². The quantitative estimate of drug-likeness (QED) is 0.221. The number of aromatic nitrogens is 2. The van der Waals surface area contributed by atoms with Crippen molar-refractivity contribution < 1.29 is 43.0 Å². The van der Waals surface area contributed by atoms with Gasteiger partial charge in [-0.3, -0.25) is 14.4 Å². The number of allylic oxidation sites excluding steroid dienone is 6. The lowest BCUT2D eigenvalue weighted by atomic mass is 9.97. The van der Waals surface area contributed by atoms with Gasteiger partial charge in [-0.2, -0.15) is 4.98 Å². The molecule has 0 saturated heterocycles. The zero-order chi connectivity index (χ0) is 34.6. The molecule has 0 bridgehead atoms. The Bertz CT molecular complexity index is 1840. The van der Waals surface area contributed by atoms with E-state index < -0.39 is 47.0 Å². The van der Waals surface area contributed by atoms with Crippen molar-refractivity contribution in [3.05, 3.63) is 89.2 Å². The van der Waals surface area contributed by atoms with Crippen molar-refractivity contribution >= 4 is 64.3 Å². The second-order valence-corrected chi connectivity index (χ2v) is 9.82. The molecule has 2 aliphatic carbocycles. The number of esters is 3. The van der Waals surface area contributed by atoms with Crippen molar-refractivity contribution in [2.75, 3.05) is 25.1 Å². The van der Waals surface area contributed by atoms with Crippen molar-refractivity contribution in [2.24, 2.45) is 9.98 Å². The molecule has 14 nitrogen and oxygen atoms in total. The number of hydrogen-bond acceptors (Lipinski definition) is 13. The standard InChI is InChI=1S/C34H31N5O9/c1-4-46-25(40)18-21-14-10-16-23(29(21)42)35-31-27(37-32(44)20-12-8-7-9-13-20)28(33(45)48-6-3)38-34(39-31)36-24-17-11-15-22(30(24)43)19-26(41)47-5-2/h7-13,16-19H,4-6,14-15H2,1-3H3,(H,37,44). The Morgan fingerprint density at radius 1 is 0.771 bits per heavy atom. The van der Waals surface area contributed by atoms with Crippen molar-refractivity contribution in [2.45, 2.75) is 33.6 Å². The molecule has 48 heavy (non-hydrogen) atoms. The molecule has 4 rings (SSSR count). The van der Waals surface area contributed by atoms with Crippen molar-refractivity contribution in [1.29, 1.82) is 0 Å². The summed E-state index contributed by atoms with van der Waals surface area (Å²) in [5.74, 6) is -5.08. The Labute approximate surface area is 275 Å². The Balaban J connectivity index is 1.90. The number of nitrogens with zero attached hydrogens (tertiary/aromatic N) is 4. The molecular formula is C34H31N5O9. The van der Waals surface area contributed by atoms with E-state index in [0.717, 1.165) is 12.2 Å². The number of benzene rings is 1. The molecule has 246 valence electrons. The molecule has 14 heteroatoms. The number of rotatable bonds is 10. The van der Waals surface area contributed by atoms with Crippen LogP contribution in [-0.4, -0.2) is 76.6 Å². The van der Waals surface area contributed by atoms with Gasteiger partial charge in [0.15, 0.2) is 11.5 Å². The Hall–Kier alpha value is -6.18.